The fraction of sp³-hybridized carbons (Fsp3) is 0.125. The molecule has 148 valence electrons. The number of hydrogen-bond acceptors (Lipinski definition) is 7. The van der Waals surface area contributed by atoms with Crippen LogP contribution in [0.4, 0.5) is 10.5 Å². The molecule has 0 saturated heterocycles. The summed E-state index contributed by atoms with van der Waals surface area (Å²) in [5, 5.41) is 19.9. The van der Waals surface area contributed by atoms with Crippen molar-refractivity contribution in [3.8, 4) is 5.75 Å². The zero-order valence-electron chi connectivity index (χ0n) is 14.4. The molecule has 12 heteroatoms. The monoisotopic (exact) mass is 425 g/mol. The molecule has 0 aromatic heterocycles. The normalized spacial score (nSPS) is 10.9. The van der Waals surface area contributed by atoms with Gasteiger partial charge in [-0.1, -0.05) is 12.1 Å². The molecule has 10 nitrogen and oxygen atoms in total. The first-order valence-corrected chi connectivity index (χ1v) is 9.41. The van der Waals surface area contributed by atoms with E-state index in [1.165, 1.54) is 12.1 Å². The summed E-state index contributed by atoms with van der Waals surface area (Å²) in [6, 6.07) is 9.25. The third kappa shape index (κ3) is 4.92. The Balaban J connectivity index is 2.42. The number of carbonyl (C=O) groups is 1. The van der Waals surface area contributed by atoms with E-state index in [1.807, 2.05) is 0 Å². The van der Waals surface area contributed by atoms with Crippen molar-refractivity contribution in [1.29, 1.82) is 0 Å². The fourth-order valence-corrected chi connectivity index (χ4v) is 3.34. The molecule has 0 unspecified atom stereocenters. The smallest absolute Gasteiger partial charge is 0.413 e. The number of nitrogens with zero attached hydrogens (tertiary/aromatic N) is 2. The molecule has 1 amide bonds. The highest BCUT2D eigenvalue weighted by atomic mass is 32.2. The van der Waals surface area contributed by atoms with Crippen molar-refractivity contribution in [2.45, 2.75) is 18.4 Å². The number of rotatable bonds is 6. The summed E-state index contributed by atoms with van der Waals surface area (Å²) in [4.78, 5) is 21.8. The molecule has 0 radical (unpaired) electrons. The third-order valence-corrected chi connectivity index (χ3v) is 5.03. The molecule has 0 spiro atoms. The van der Waals surface area contributed by atoms with Crippen molar-refractivity contribution < 1.29 is 27.4 Å². The number of nitro groups is 1. The van der Waals surface area contributed by atoms with E-state index in [0.717, 1.165) is 23.8 Å². The summed E-state index contributed by atoms with van der Waals surface area (Å²) in [6.07, 6.45) is -1.50. The zero-order chi connectivity index (χ0) is 21.1. The Bertz CT molecular complexity index is 1040. The van der Waals surface area contributed by atoms with Crippen LogP contribution in [0.3, 0.4) is 0 Å². The van der Waals surface area contributed by atoms with Crippen LogP contribution < -0.4 is 9.92 Å². The van der Waals surface area contributed by atoms with Crippen LogP contribution in [-0.2, 0) is 16.7 Å². The Kier molecular flexibility index (Phi) is 6.16. The van der Waals surface area contributed by atoms with Crippen LogP contribution in [0.2, 0.25) is 0 Å². The Morgan fingerprint density at radius 2 is 2.00 bits per heavy atom. The van der Waals surface area contributed by atoms with Gasteiger partial charge in [0.15, 0.2) is 5.11 Å². The van der Waals surface area contributed by atoms with Gasteiger partial charge in [0, 0.05) is 11.6 Å². The summed E-state index contributed by atoms with van der Waals surface area (Å²) >= 11 is 4.61. The van der Waals surface area contributed by atoms with Gasteiger partial charge in [0.2, 0.25) is 0 Å². The van der Waals surface area contributed by atoms with Crippen LogP contribution in [-0.4, -0.2) is 34.6 Å². The van der Waals surface area contributed by atoms with Gasteiger partial charge in [-0.15, -0.1) is 0 Å². The summed E-state index contributed by atoms with van der Waals surface area (Å²) < 4.78 is 29.9. The lowest BCUT2D eigenvalue weighted by atomic mass is 10.1. The first-order valence-electron chi connectivity index (χ1n) is 7.59. The minimum atomic E-state index is -4.35. The van der Waals surface area contributed by atoms with Gasteiger partial charge >= 0.3 is 16.2 Å². The Morgan fingerprint density at radius 3 is 2.54 bits per heavy atom. The maximum atomic E-state index is 12.4. The predicted molar refractivity (Wildman–Crippen MR) is 102 cm³/mol. The van der Waals surface area contributed by atoms with E-state index >= 15 is 0 Å². The van der Waals surface area contributed by atoms with E-state index in [0.29, 0.717) is 4.90 Å². The number of thiocarbonyl (C=S) groups is 1. The second-order valence-electron chi connectivity index (χ2n) is 5.61. The third-order valence-electron chi connectivity index (χ3n) is 3.56. The highest BCUT2D eigenvalue weighted by Gasteiger charge is 2.26. The quantitative estimate of drug-likeness (QED) is 0.307. The molecule has 3 N–H and O–H groups in total. The second-order valence-corrected chi connectivity index (χ2v) is 7.57. The molecule has 0 aliphatic rings. The molecule has 0 aliphatic carbocycles. The van der Waals surface area contributed by atoms with E-state index < -0.39 is 43.4 Å². The predicted octanol–water partition coefficient (Wildman–Crippen LogP) is 2.39. The zero-order valence-corrected chi connectivity index (χ0v) is 16.1. The molecule has 0 saturated carbocycles. The molecular formula is C16H15N3O7S2. The summed E-state index contributed by atoms with van der Waals surface area (Å²) in [5.41, 5.74) is 5.36. The van der Waals surface area contributed by atoms with E-state index in [4.69, 9.17) is 15.0 Å². The van der Waals surface area contributed by atoms with Gasteiger partial charge in [-0.05, 0) is 49.0 Å². The van der Waals surface area contributed by atoms with Gasteiger partial charge in [0.25, 0.3) is 5.69 Å². The Morgan fingerprint density at radius 1 is 1.32 bits per heavy atom. The van der Waals surface area contributed by atoms with Crippen LogP contribution >= 0.6 is 12.2 Å². The highest BCUT2D eigenvalue weighted by molar-refractivity contribution is 7.87. The largest absolute Gasteiger partial charge is 0.465 e. The molecule has 28 heavy (non-hydrogen) atoms. The van der Waals surface area contributed by atoms with Gasteiger partial charge in [0.1, 0.15) is 10.6 Å². The summed E-state index contributed by atoms with van der Waals surface area (Å²) in [7, 11) is -4.35. The number of nitro benzene ring substituents is 1. The SMILES string of the molecule is Cc1cccc(OS(=O)(=O)c2ccc(CN(C(=O)O)C(N)=S)c([N+](=O)[O-])c2)c1. The van der Waals surface area contributed by atoms with Crippen molar-refractivity contribution in [3.63, 3.8) is 0 Å². The first kappa shape index (κ1) is 21.1. The maximum absolute atomic E-state index is 12.4. The molecule has 2 aromatic carbocycles. The minimum absolute atomic E-state index is 0.0530. The molecular weight excluding hydrogens is 410 g/mol. The first-order chi connectivity index (χ1) is 13.0. The molecule has 0 fully saturated rings. The number of nitrogens with two attached hydrogens (primary N) is 1. The van der Waals surface area contributed by atoms with Crippen molar-refractivity contribution in [1.82, 2.24) is 4.90 Å². The van der Waals surface area contributed by atoms with Gasteiger partial charge in [-0.2, -0.15) is 8.42 Å². The van der Waals surface area contributed by atoms with Crippen molar-refractivity contribution in [3.05, 3.63) is 63.7 Å². The molecule has 2 aromatic rings. The number of aryl methyl sites for hydroxylation is 1. The Hall–Kier alpha value is -3.25. The molecule has 0 aliphatic heterocycles. The van der Waals surface area contributed by atoms with Crippen molar-refractivity contribution >= 4 is 39.2 Å². The second kappa shape index (κ2) is 8.19. The van der Waals surface area contributed by atoms with Crippen LogP contribution in [0, 0.1) is 17.0 Å². The van der Waals surface area contributed by atoms with Crippen molar-refractivity contribution in [2.75, 3.05) is 0 Å². The fourth-order valence-electron chi connectivity index (χ4n) is 2.25. The van der Waals surface area contributed by atoms with Crippen LogP contribution in [0.1, 0.15) is 11.1 Å². The van der Waals surface area contributed by atoms with Crippen LogP contribution in [0.15, 0.2) is 47.4 Å². The van der Waals surface area contributed by atoms with Gasteiger partial charge in [-0.25, -0.2) is 9.69 Å². The van der Waals surface area contributed by atoms with E-state index in [2.05, 4.69) is 12.2 Å². The number of benzene rings is 2. The maximum Gasteiger partial charge on any atom is 0.413 e. The van der Waals surface area contributed by atoms with E-state index in [-0.39, 0.29) is 11.3 Å². The minimum Gasteiger partial charge on any atom is -0.465 e. The molecule has 0 atom stereocenters. The Labute approximate surface area is 165 Å². The van der Waals surface area contributed by atoms with Gasteiger partial charge in [-0.3, -0.25) is 10.1 Å². The summed E-state index contributed by atoms with van der Waals surface area (Å²) in [5.74, 6) is 0.0530. The lowest BCUT2D eigenvalue weighted by molar-refractivity contribution is -0.385. The average molecular weight is 425 g/mol. The topological polar surface area (TPSA) is 153 Å². The van der Waals surface area contributed by atoms with Gasteiger partial charge < -0.3 is 15.0 Å². The molecule has 0 heterocycles. The number of hydrogen-bond donors (Lipinski definition) is 2. The van der Waals surface area contributed by atoms with E-state index in [1.54, 1.807) is 19.1 Å². The van der Waals surface area contributed by atoms with Crippen LogP contribution in [0.25, 0.3) is 0 Å². The van der Waals surface area contributed by atoms with Crippen LogP contribution in [0.5, 0.6) is 5.75 Å². The highest BCUT2D eigenvalue weighted by Crippen LogP contribution is 2.27. The average Bonchev–Trinajstić information content (AvgIpc) is 2.58. The number of carboxylic acid groups (broad SMARTS) is 1. The summed E-state index contributed by atoms with van der Waals surface area (Å²) in [6.45, 7) is 1.23. The lowest BCUT2D eigenvalue weighted by Gasteiger charge is -2.17. The standard InChI is InChI=1S/C16H15N3O7S2/c1-10-3-2-4-12(7-10)26-28(24,25)13-6-5-11(14(8-13)19(22)23)9-18(15(17)27)16(20)21/h2-8H,9H2,1H3,(H2,17,27)(H,20,21). The van der Waals surface area contributed by atoms with Crippen molar-refractivity contribution in [2.24, 2.45) is 5.73 Å². The van der Waals surface area contributed by atoms with Gasteiger partial charge in [0.05, 0.1) is 11.5 Å². The van der Waals surface area contributed by atoms with E-state index in [9.17, 15) is 23.3 Å². The molecule has 2 rings (SSSR count). The number of amides is 1. The lowest BCUT2D eigenvalue weighted by Crippen LogP contribution is -2.39. The molecule has 0 bridgehead atoms.